The monoisotopic (exact) mass is 397 g/mol. The summed E-state index contributed by atoms with van der Waals surface area (Å²) < 4.78 is 16.3. The van der Waals surface area contributed by atoms with Gasteiger partial charge < -0.3 is 14.2 Å². The molecule has 2 fully saturated rings. The van der Waals surface area contributed by atoms with Crippen LogP contribution in [0.4, 0.5) is 4.79 Å². The molecule has 4 aliphatic rings. The molecule has 0 radical (unpaired) electrons. The Kier molecular flexibility index (Phi) is 3.03. The molecule has 2 bridgehead atoms. The van der Waals surface area contributed by atoms with Gasteiger partial charge in [-0.15, -0.1) is 0 Å². The zero-order valence-corrected chi connectivity index (χ0v) is 13.7. The molecule has 4 atom stereocenters. The predicted octanol–water partition coefficient (Wildman–Crippen LogP) is 2.27. The number of hydroxylamine groups is 2. The van der Waals surface area contributed by atoms with E-state index in [9.17, 15) is 4.79 Å². The molecule has 0 unspecified atom stereocenters. The number of rotatable bonds is 0. The van der Waals surface area contributed by atoms with E-state index in [1.807, 2.05) is 19.9 Å². The van der Waals surface area contributed by atoms with E-state index >= 15 is 0 Å². The van der Waals surface area contributed by atoms with E-state index in [0.29, 0.717) is 0 Å². The molecule has 1 aliphatic carbocycles. The van der Waals surface area contributed by atoms with E-state index in [-0.39, 0.29) is 12.2 Å². The van der Waals surface area contributed by atoms with Crippen LogP contribution in [-0.2, 0) is 19.0 Å². The lowest BCUT2D eigenvalue weighted by Gasteiger charge is -2.50. The first-order chi connectivity index (χ1) is 8.77. The predicted molar refractivity (Wildman–Crippen MR) is 71.6 cm³/mol. The van der Waals surface area contributed by atoms with Crippen molar-refractivity contribution in [1.82, 2.24) is 5.06 Å². The number of hydrogen-bond donors (Lipinski definition) is 0. The second kappa shape index (κ2) is 4.17. The van der Waals surface area contributed by atoms with Crippen LogP contribution in [-0.4, -0.2) is 46.8 Å². The number of halogens is 2. The van der Waals surface area contributed by atoms with Gasteiger partial charge in [-0.3, -0.25) is 0 Å². The molecular formula is C11H13Br2NO5. The van der Waals surface area contributed by atoms with Gasteiger partial charge in [-0.25, -0.2) is 9.63 Å². The lowest BCUT2D eigenvalue weighted by molar-refractivity contribution is -0.261. The molecule has 0 saturated carbocycles. The van der Waals surface area contributed by atoms with Crippen LogP contribution in [0.3, 0.4) is 0 Å². The Hall–Kier alpha value is -0.150. The van der Waals surface area contributed by atoms with Gasteiger partial charge in [0, 0.05) is 4.48 Å². The highest BCUT2D eigenvalue weighted by molar-refractivity contribution is 9.12. The molecule has 8 heteroatoms. The van der Waals surface area contributed by atoms with E-state index in [2.05, 4.69) is 31.9 Å². The zero-order valence-electron chi connectivity index (χ0n) is 10.6. The zero-order chi connectivity index (χ0) is 14.0. The molecule has 0 spiro atoms. The number of fused-ring (bicyclic) bond motifs is 1. The quantitative estimate of drug-likeness (QED) is 0.586. The van der Waals surface area contributed by atoms with Gasteiger partial charge in [-0.05, 0) is 35.9 Å². The first kappa shape index (κ1) is 13.8. The summed E-state index contributed by atoms with van der Waals surface area (Å²) in [4.78, 5) is 17.5. The van der Waals surface area contributed by atoms with Crippen LogP contribution in [0.5, 0.6) is 0 Å². The second-order valence-electron chi connectivity index (χ2n) is 5.08. The molecule has 0 aromatic carbocycles. The average Bonchev–Trinajstić information content (AvgIpc) is 2.64. The molecule has 6 nitrogen and oxygen atoms in total. The Balaban J connectivity index is 2.02. The largest absolute Gasteiger partial charge is 0.451 e. The Morgan fingerprint density at radius 3 is 2.79 bits per heavy atom. The molecule has 0 aromatic heterocycles. The van der Waals surface area contributed by atoms with Crippen LogP contribution in [0.15, 0.2) is 10.6 Å². The molecule has 2 saturated heterocycles. The number of ether oxygens (including phenoxy) is 3. The van der Waals surface area contributed by atoms with Crippen molar-refractivity contribution in [2.24, 2.45) is 0 Å². The Labute approximate surface area is 127 Å². The maximum atomic E-state index is 11.8. The van der Waals surface area contributed by atoms with E-state index in [4.69, 9.17) is 19.0 Å². The van der Waals surface area contributed by atoms with Crippen LogP contribution in [0.2, 0.25) is 0 Å². The standard InChI is InChI=1S/C11H13Br2NO5/c1-10(2)17-7-6-5(12)4-11(13,8(7)18-10)19-14(6)9(15)16-3/h4,6-8H,1-3H3/t6-,7-,8-,11+/m1/s1. The van der Waals surface area contributed by atoms with E-state index in [1.54, 1.807) is 0 Å². The summed E-state index contributed by atoms with van der Waals surface area (Å²) in [5.41, 5.74) is 0. The van der Waals surface area contributed by atoms with Crippen molar-refractivity contribution in [3.05, 3.63) is 10.6 Å². The summed E-state index contributed by atoms with van der Waals surface area (Å²) in [6.45, 7) is 3.66. The van der Waals surface area contributed by atoms with Gasteiger partial charge in [-0.1, -0.05) is 15.9 Å². The molecule has 4 rings (SSSR count). The van der Waals surface area contributed by atoms with Crippen LogP contribution in [0.25, 0.3) is 0 Å². The number of amides is 1. The minimum atomic E-state index is -0.951. The summed E-state index contributed by atoms with van der Waals surface area (Å²) in [5, 5.41) is 1.17. The molecule has 3 heterocycles. The van der Waals surface area contributed by atoms with Crippen molar-refractivity contribution < 1.29 is 23.8 Å². The van der Waals surface area contributed by atoms with E-state index in [0.717, 1.165) is 4.48 Å². The van der Waals surface area contributed by atoms with Crippen molar-refractivity contribution >= 4 is 38.0 Å². The van der Waals surface area contributed by atoms with Gasteiger partial charge in [0.25, 0.3) is 0 Å². The minimum Gasteiger partial charge on any atom is -0.451 e. The highest BCUT2D eigenvalue weighted by Crippen LogP contribution is 2.52. The summed E-state index contributed by atoms with van der Waals surface area (Å²) in [6, 6.07) is -0.418. The fourth-order valence-electron chi connectivity index (χ4n) is 2.61. The number of carbonyl (C=O) groups is 1. The van der Waals surface area contributed by atoms with Gasteiger partial charge in [-0.2, -0.15) is 5.06 Å². The van der Waals surface area contributed by atoms with Gasteiger partial charge in [0.15, 0.2) is 10.3 Å². The van der Waals surface area contributed by atoms with Crippen molar-refractivity contribution in [3.8, 4) is 0 Å². The molecule has 0 aromatic rings. The van der Waals surface area contributed by atoms with Crippen molar-refractivity contribution in [1.29, 1.82) is 0 Å². The van der Waals surface area contributed by atoms with Crippen LogP contribution < -0.4 is 0 Å². The van der Waals surface area contributed by atoms with Crippen LogP contribution in [0, 0.1) is 0 Å². The van der Waals surface area contributed by atoms with E-state index < -0.39 is 22.4 Å². The second-order valence-corrected chi connectivity index (χ2v) is 7.23. The molecule has 0 N–H and O–H groups in total. The third-order valence-electron chi connectivity index (χ3n) is 3.29. The highest BCUT2D eigenvalue weighted by atomic mass is 79.9. The topological polar surface area (TPSA) is 57.2 Å². The molecule has 3 aliphatic heterocycles. The maximum Gasteiger partial charge on any atom is 0.434 e. The molecular weight excluding hydrogens is 386 g/mol. The Bertz CT molecular complexity index is 468. The SMILES string of the molecule is COC(=O)N1O[C@@]2(Br)C=C(Br)[C@@H]1[C@H]1OC(C)(C)O[C@H]12. The third-order valence-corrected chi connectivity index (χ3v) is 4.81. The number of methoxy groups -OCH3 is 1. The summed E-state index contributed by atoms with van der Waals surface area (Å²) >= 11 is 6.95. The smallest absolute Gasteiger partial charge is 0.434 e. The van der Waals surface area contributed by atoms with Crippen molar-refractivity contribution in [2.75, 3.05) is 7.11 Å². The highest BCUT2D eigenvalue weighted by Gasteiger charge is 2.65. The number of carbonyl (C=O) groups excluding carboxylic acids is 1. The van der Waals surface area contributed by atoms with Crippen molar-refractivity contribution in [2.45, 2.75) is 42.4 Å². The van der Waals surface area contributed by atoms with E-state index in [1.165, 1.54) is 12.2 Å². The molecule has 1 amide bonds. The number of nitrogens with zero attached hydrogens (tertiary/aromatic N) is 1. The molecule has 19 heavy (non-hydrogen) atoms. The van der Waals surface area contributed by atoms with Gasteiger partial charge >= 0.3 is 6.09 Å². The maximum absolute atomic E-state index is 11.8. The fourth-order valence-corrected chi connectivity index (χ4v) is 4.46. The van der Waals surface area contributed by atoms with Gasteiger partial charge in [0.2, 0.25) is 0 Å². The lowest BCUT2D eigenvalue weighted by atomic mass is 9.92. The summed E-state index contributed by atoms with van der Waals surface area (Å²) in [6.07, 6.45) is 0.588. The first-order valence-corrected chi connectivity index (χ1v) is 7.35. The minimum absolute atomic E-state index is 0.332. The Morgan fingerprint density at radius 1 is 1.47 bits per heavy atom. The first-order valence-electron chi connectivity index (χ1n) is 5.76. The van der Waals surface area contributed by atoms with Gasteiger partial charge in [0.05, 0.1) is 7.11 Å². The normalized spacial score (nSPS) is 42.9. The lowest BCUT2D eigenvalue weighted by Crippen LogP contribution is -2.66. The number of hydrogen-bond acceptors (Lipinski definition) is 5. The third kappa shape index (κ3) is 1.96. The summed E-state index contributed by atoms with van der Waals surface area (Å²) in [7, 11) is 1.31. The summed E-state index contributed by atoms with van der Waals surface area (Å²) in [5.74, 6) is -0.729. The molecule has 106 valence electrons. The van der Waals surface area contributed by atoms with Gasteiger partial charge in [0.1, 0.15) is 18.2 Å². The number of alkyl halides is 1. The van der Waals surface area contributed by atoms with Crippen molar-refractivity contribution in [3.63, 3.8) is 0 Å². The van der Waals surface area contributed by atoms with Crippen LogP contribution in [0.1, 0.15) is 13.8 Å². The van der Waals surface area contributed by atoms with Crippen LogP contribution >= 0.6 is 31.9 Å². The Morgan fingerprint density at radius 2 is 2.16 bits per heavy atom. The fraction of sp³-hybridized carbons (Fsp3) is 0.727. The average molecular weight is 399 g/mol.